The number of carbonyl (C=O) groups is 2. The second-order valence-electron chi connectivity index (χ2n) is 8.92. The van der Waals surface area contributed by atoms with Crippen molar-refractivity contribution in [2.45, 2.75) is 44.6 Å². The first-order valence-corrected chi connectivity index (χ1v) is 12.0. The third-order valence-corrected chi connectivity index (χ3v) is 6.63. The molecule has 1 unspecified atom stereocenters. The molecule has 0 aliphatic heterocycles. The van der Waals surface area contributed by atoms with Crippen LogP contribution in [-0.2, 0) is 4.79 Å². The van der Waals surface area contributed by atoms with Gasteiger partial charge in [-0.2, -0.15) is 5.10 Å². The molecular weight excluding hydrogens is 465 g/mol. The SMILES string of the molecule is COc1cccc(OC)c1-c1cc(C(=O)NC(CC(=O)O)C2CCCCC2)nn1-c1ccc(F)cc1. The molecule has 1 saturated carbocycles. The van der Waals surface area contributed by atoms with E-state index in [0.717, 1.165) is 32.1 Å². The largest absolute Gasteiger partial charge is 0.496 e. The van der Waals surface area contributed by atoms with Crippen molar-refractivity contribution < 1.29 is 28.6 Å². The summed E-state index contributed by atoms with van der Waals surface area (Å²) < 4.78 is 26.3. The van der Waals surface area contributed by atoms with E-state index in [9.17, 15) is 19.1 Å². The summed E-state index contributed by atoms with van der Waals surface area (Å²) in [5, 5.41) is 16.9. The van der Waals surface area contributed by atoms with Crippen LogP contribution in [0.15, 0.2) is 48.5 Å². The minimum absolute atomic E-state index is 0.103. The molecule has 8 nitrogen and oxygen atoms in total. The van der Waals surface area contributed by atoms with Gasteiger partial charge in [0.1, 0.15) is 17.3 Å². The molecule has 36 heavy (non-hydrogen) atoms. The van der Waals surface area contributed by atoms with E-state index >= 15 is 0 Å². The van der Waals surface area contributed by atoms with Crippen molar-refractivity contribution in [3.8, 4) is 28.4 Å². The fourth-order valence-electron chi connectivity index (χ4n) is 4.86. The van der Waals surface area contributed by atoms with E-state index < -0.39 is 23.7 Å². The highest BCUT2D eigenvalue weighted by Gasteiger charge is 2.29. The van der Waals surface area contributed by atoms with Crippen molar-refractivity contribution in [2.24, 2.45) is 5.92 Å². The lowest BCUT2D eigenvalue weighted by atomic mass is 9.82. The van der Waals surface area contributed by atoms with E-state index in [0.29, 0.717) is 28.4 Å². The molecule has 190 valence electrons. The number of benzene rings is 2. The molecule has 0 radical (unpaired) electrons. The van der Waals surface area contributed by atoms with Gasteiger partial charge < -0.3 is 19.9 Å². The number of rotatable bonds is 9. The highest BCUT2D eigenvalue weighted by molar-refractivity contribution is 5.94. The molecule has 1 aromatic heterocycles. The summed E-state index contributed by atoms with van der Waals surface area (Å²) in [5.74, 6) is -0.702. The fourth-order valence-corrected chi connectivity index (χ4v) is 4.86. The Labute approximate surface area is 209 Å². The van der Waals surface area contributed by atoms with E-state index in [-0.39, 0.29) is 18.0 Å². The van der Waals surface area contributed by atoms with Crippen molar-refractivity contribution >= 4 is 11.9 Å². The van der Waals surface area contributed by atoms with Crippen molar-refractivity contribution in [1.82, 2.24) is 15.1 Å². The number of aromatic nitrogens is 2. The predicted molar refractivity (Wildman–Crippen MR) is 132 cm³/mol. The maximum atomic E-state index is 13.6. The maximum absolute atomic E-state index is 13.6. The molecule has 1 amide bonds. The van der Waals surface area contributed by atoms with Crippen molar-refractivity contribution in [1.29, 1.82) is 0 Å². The molecule has 9 heteroatoms. The summed E-state index contributed by atoms with van der Waals surface area (Å²) in [4.78, 5) is 24.9. The first-order valence-electron chi connectivity index (χ1n) is 12.0. The van der Waals surface area contributed by atoms with E-state index in [4.69, 9.17) is 9.47 Å². The molecule has 3 aromatic rings. The molecule has 1 atom stereocenters. The summed E-state index contributed by atoms with van der Waals surface area (Å²) >= 11 is 0. The maximum Gasteiger partial charge on any atom is 0.305 e. The third kappa shape index (κ3) is 5.50. The van der Waals surface area contributed by atoms with Crippen LogP contribution in [0.2, 0.25) is 0 Å². The van der Waals surface area contributed by atoms with Gasteiger partial charge in [0, 0.05) is 6.04 Å². The fraction of sp³-hybridized carbons (Fsp3) is 0.370. The van der Waals surface area contributed by atoms with Crippen LogP contribution in [0.25, 0.3) is 16.9 Å². The van der Waals surface area contributed by atoms with Gasteiger partial charge in [0.05, 0.1) is 37.6 Å². The van der Waals surface area contributed by atoms with Gasteiger partial charge in [-0.25, -0.2) is 9.07 Å². The molecular formula is C27H30FN3O5. The third-order valence-electron chi connectivity index (χ3n) is 6.63. The smallest absolute Gasteiger partial charge is 0.305 e. The number of carboxylic acids is 1. The number of ether oxygens (including phenoxy) is 2. The summed E-state index contributed by atoms with van der Waals surface area (Å²) in [7, 11) is 3.07. The number of methoxy groups -OCH3 is 2. The Bertz CT molecular complexity index is 1200. The molecule has 1 aliphatic rings. The lowest BCUT2D eigenvalue weighted by Gasteiger charge is -2.29. The van der Waals surface area contributed by atoms with Crippen LogP contribution >= 0.6 is 0 Å². The highest BCUT2D eigenvalue weighted by atomic mass is 19.1. The second-order valence-corrected chi connectivity index (χ2v) is 8.92. The minimum Gasteiger partial charge on any atom is -0.496 e. The van der Waals surface area contributed by atoms with E-state index in [1.54, 1.807) is 36.4 Å². The average Bonchev–Trinajstić information content (AvgIpc) is 3.33. The minimum atomic E-state index is -0.956. The Balaban J connectivity index is 1.76. The quantitative estimate of drug-likeness (QED) is 0.440. The molecule has 1 aliphatic carbocycles. The molecule has 0 saturated heterocycles. The zero-order chi connectivity index (χ0) is 25.7. The van der Waals surface area contributed by atoms with Crippen LogP contribution < -0.4 is 14.8 Å². The van der Waals surface area contributed by atoms with E-state index in [2.05, 4.69) is 10.4 Å². The van der Waals surface area contributed by atoms with Crippen LogP contribution in [0, 0.1) is 11.7 Å². The lowest BCUT2D eigenvalue weighted by molar-refractivity contribution is -0.137. The van der Waals surface area contributed by atoms with Gasteiger partial charge in [-0.1, -0.05) is 25.3 Å². The van der Waals surface area contributed by atoms with Crippen LogP contribution in [-0.4, -0.2) is 47.0 Å². The van der Waals surface area contributed by atoms with Gasteiger partial charge in [0.25, 0.3) is 5.91 Å². The molecule has 1 fully saturated rings. The molecule has 4 rings (SSSR count). The Morgan fingerprint density at radius 3 is 2.31 bits per heavy atom. The van der Waals surface area contributed by atoms with Gasteiger partial charge >= 0.3 is 5.97 Å². The molecule has 0 spiro atoms. The number of halogens is 1. The highest BCUT2D eigenvalue weighted by Crippen LogP contribution is 2.39. The Kier molecular flexibility index (Phi) is 7.87. The zero-order valence-electron chi connectivity index (χ0n) is 20.4. The summed E-state index contributed by atoms with van der Waals surface area (Å²) in [6, 6.07) is 12.2. The van der Waals surface area contributed by atoms with Gasteiger partial charge in [-0.3, -0.25) is 9.59 Å². The number of nitrogens with one attached hydrogen (secondary N) is 1. The normalized spacial score (nSPS) is 14.8. The Morgan fingerprint density at radius 2 is 1.72 bits per heavy atom. The van der Waals surface area contributed by atoms with E-state index in [1.165, 1.54) is 31.0 Å². The molecule has 1 heterocycles. The Morgan fingerprint density at radius 1 is 1.08 bits per heavy atom. The van der Waals surface area contributed by atoms with Crippen molar-refractivity contribution in [2.75, 3.05) is 14.2 Å². The average molecular weight is 496 g/mol. The summed E-state index contributed by atoms with van der Waals surface area (Å²) in [6.45, 7) is 0. The Hall–Kier alpha value is -3.88. The molecule has 2 aromatic carbocycles. The van der Waals surface area contributed by atoms with Crippen molar-refractivity contribution in [3.05, 3.63) is 60.0 Å². The van der Waals surface area contributed by atoms with Gasteiger partial charge in [-0.15, -0.1) is 0 Å². The van der Waals surface area contributed by atoms with Gasteiger partial charge in [0.15, 0.2) is 5.69 Å². The number of carbonyl (C=O) groups excluding carboxylic acids is 1. The lowest BCUT2D eigenvalue weighted by Crippen LogP contribution is -2.42. The number of hydrogen-bond acceptors (Lipinski definition) is 5. The van der Waals surface area contributed by atoms with Gasteiger partial charge in [-0.05, 0) is 61.2 Å². The molecule has 2 N–H and O–H groups in total. The second kappa shape index (κ2) is 11.2. The first kappa shape index (κ1) is 25.2. The number of hydrogen-bond donors (Lipinski definition) is 2. The summed E-state index contributed by atoms with van der Waals surface area (Å²) in [6.07, 6.45) is 4.78. The van der Waals surface area contributed by atoms with E-state index in [1.807, 2.05) is 0 Å². The van der Waals surface area contributed by atoms with Gasteiger partial charge in [0.2, 0.25) is 0 Å². The number of amides is 1. The van der Waals surface area contributed by atoms with Crippen LogP contribution in [0.5, 0.6) is 11.5 Å². The van der Waals surface area contributed by atoms with Crippen molar-refractivity contribution in [3.63, 3.8) is 0 Å². The standard InChI is InChI=1S/C27H30FN3O5/c1-35-23-9-6-10-24(36-2)26(23)22-15-21(30-31(22)19-13-11-18(28)12-14-19)27(34)29-20(16-25(32)33)17-7-4-3-5-8-17/h6,9-15,17,20H,3-5,7-8,16H2,1-2H3,(H,29,34)(H,32,33). The zero-order valence-corrected chi connectivity index (χ0v) is 20.4. The number of carboxylic acid groups (broad SMARTS) is 1. The molecule has 0 bridgehead atoms. The number of nitrogens with zero attached hydrogens (tertiary/aromatic N) is 2. The first-order chi connectivity index (χ1) is 17.4. The van der Waals surface area contributed by atoms with Crippen LogP contribution in [0.1, 0.15) is 49.0 Å². The van der Waals surface area contributed by atoms with Crippen LogP contribution in [0.3, 0.4) is 0 Å². The summed E-state index contributed by atoms with van der Waals surface area (Å²) in [5.41, 5.74) is 1.72. The monoisotopic (exact) mass is 495 g/mol. The van der Waals surface area contributed by atoms with Crippen LogP contribution in [0.4, 0.5) is 4.39 Å². The topological polar surface area (TPSA) is 103 Å². The number of aliphatic carboxylic acids is 1. The predicted octanol–water partition coefficient (Wildman–Crippen LogP) is 4.85.